The summed E-state index contributed by atoms with van der Waals surface area (Å²) in [6.45, 7) is 8.63. The van der Waals surface area contributed by atoms with Crippen LogP contribution in [0.15, 0.2) is 18.3 Å². The van der Waals surface area contributed by atoms with Crippen molar-refractivity contribution >= 4 is 0 Å². The second kappa shape index (κ2) is 6.65. The first kappa shape index (κ1) is 11.0. The number of aromatic nitrogens is 1. The Morgan fingerprint density at radius 1 is 1.33 bits per heavy atom. The topological polar surface area (TPSA) is 22.1 Å². The summed E-state index contributed by atoms with van der Waals surface area (Å²) in [6.07, 6.45) is 1.80. The Labute approximate surface area is 74.6 Å². The molecule has 0 bridgehead atoms. The quantitative estimate of drug-likeness (QED) is 0.675. The Morgan fingerprint density at radius 2 is 2.00 bits per heavy atom. The second-order valence-electron chi connectivity index (χ2n) is 2.11. The Morgan fingerprint density at radius 3 is 2.42 bits per heavy atom. The van der Waals surface area contributed by atoms with Gasteiger partial charge in [0, 0.05) is 12.3 Å². The molecule has 0 N–H and O–H groups in total. The highest BCUT2D eigenvalue weighted by molar-refractivity contribution is 5.15. The Bertz CT molecular complexity index is 193. The zero-order valence-electron chi connectivity index (χ0n) is 8.29. The van der Waals surface area contributed by atoms with Gasteiger partial charge in [0.2, 0.25) is 5.88 Å². The highest BCUT2D eigenvalue weighted by atomic mass is 16.5. The summed E-state index contributed by atoms with van der Waals surface area (Å²) in [6, 6.07) is 3.86. The van der Waals surface area contributed by atoms with Gasteiger partial charge >= 0.3 is 0 Å². The third-order valence-electron chi connectivity index (χ3n) is 1.18. The molecule has 0 spiro atoms. The molecule has 1 heterocycles. The maximum absolute atomic E-state index is 5.15. The normalized spacial score (nSPS) is 8.33. The summed E-state index contributed by atoms with van der Waals surface area (Å²) >= 11 is 0. The van der Waals surface area contributed by atoms with Crippen molar-refractivity contribution in [2.45, 2.75) is 27.7 Å². The van der Waals surface area contributed by atoms with Crippen LogP contribution in [0.5, 0.6) is 5.88 Å². The van der Waals surface area contributed by atoms with Gasteiger partial charge in [-0.05, 0) is 19.4 Å². The van der Waals surface area contributed by atoms with E-state index in [1.165, 1.54) is 0 Å². The van der Waals surface area contributed by atoms with Crippen LogP contribution >= 0.6 is 0 Å². The first-order chi connectivity index (χ1) is 5.83. The number of pyridine rings is 1. The molecule has 0 aliphatic carbocycles. The van der Waals surface area contributed by atoms with E-state index in [4.69, 9.17) is 4.74 Å². The second-order valence-corrected chi connectivity index (χ2v) is 2.11. The van der Waals surface area contributed by atoms with Gasteiger partial charge in [0.05, 0.1) is 6.61 Å². The molecule has 0 saturated carbocycles. The van der Waals surface area contributed by atoms with E-state index >= 15 is 0 Å². The van der Waals surface area contributed by atoms with Crippen molar-refractivity contribution in [2.24, 2.45) is 0 Å². The molecule has 0 radical (unpaired) electrons. The van der Waals surface area contributed by atoms with Crippen LogP contribution in [0.4, 0.5) is 0 Å². The Balaban J connectivity index is 0.000000561. The molecule has 0 aliphatic rings. The van der Waals surface area contributed by atoms with Gasteiger partial charge in [-0.2, -0.15) is 0 Å². The van der Waals surface area contributed by atoms with Gasteiger partial charge in [-0.15, -0.1) is 0 Å². The van der Waals surface area contributed by atoms with E-state index in [1.807, 2.05) is 39.8 Å². The minimum atomic E-state index is 0.677. The van der Waals surface area contributed by atoms with E-state index in [9.17, 15) is 0 Å². The summed E-state index contributed by atoms with van der Waals surface area (Å²) in [5.41, 5.74) is 1.16. The van der Waals surface area contributed by atoms with Gasteiger partial charge in [-0.25, -0.2) is 4.98 Å². The molecular formula is C10H17NO. The van der Waals surface area contributed by atoms with Gasteiger partial charge in [0.25, 0.3) is 0 Å². The van der Waals surface area contributed by atoms with Gasteiger partial charge in [-0.1, -0.05) is 19.9 Å². The molecule has 0 amide bonds. The molecule has 0 atom stereocenters. The minimum Gasteiger partial charge on any atom is -0.478 e. The number of hydrogen-bond acceptors (Lipinski definition) is 2. The fourth-order valence-electron chi connectivity index (χ4n) is 0.688. The van der Waals surface area contributed by atoms with Crippen LogP contribution in [0.1, 0.15) is 26.3 Å². The number of aryl methyl sites for hydroxylation is 1. The summed E-state index contributed by atoms with van der Waals surface area (Å²) in [5.74, 6) is 0.702. The monoisotopic (exact) mass is 167 g/mol. The third-order valence-corrected chi connectivity index (χ3v) is 1.18. The maximum Gasteiger partial charge on any atom is 0.213 e. The van der Waals surface area contributed by atoms with Gasteiger partial charge in [-0.3, -0.25) is 0 Å². The van der Waals surface area contributed by atoms with Crippen LogP contribution in [0.25, 0.3) is 0 Å². The molecule has 68 valence electrons. The molecule has 12 heavy (non-hydrogen) atoms. The highest BCUT2D eigenvalue weighted by Gasteiger charge is 1.89. The fraction of sp³-hybridized carbons (Fsp3) is 0.500. The predicted molar refractivity (Wildman–Crippen MR) is 51.5 cm³/mol. The van der Waals surface area contributed by atoms with Gasteiger partial charge < -0.3 is 4.74 Å². The predicted octanol–water partition coefficient (Wildman–Crippen LogP) is 2.81. The standard InChI is InChI=1S/C8H11NO.C2H6/c1-3-10-8-5-4-7(2)6-9-8;1-2/h4-6H,3H2,1-2H3;1-2H3. The molecule has 1 aromatic heterocycles. The Hall–Kier alpha value is -1.05. The molecule has 0 unspecified atom stereocenters. The molecule has 1 rings (SSSR count). The maximum atomic E-state index is 5.15. The largest absolute Gasteiger partial charge is 0.478 e. The molecular weight excluding hydrogens is 150 g/mol. The van der Waals surface area contributed by atoms with Crippen LogP contribution in [0.2, 0.25) is 0 Å². The number of ether oxygens (including phenoxy) is 1. The van der Waals surface area contributed by atoms with E-state index in [-0.39, 0.29) is 0 Å². The molecule has 1 aromatic rings. The van der Waals surface area contributed by atoms with Crippen molar-refractivity contribution < 1.29 is 4.74 Å². The number of rotatable bonds is 2. The van der Waals surface area contributed by atoms with Crippen molar-refractivity contribution in [3.8, 4) is 5.88 Å². The fourth-order valence-corrected chi connectivity index (χ4v) is 0.688. The van der Waals surface area contributed by atoms with Crippen molar-refractivity contribution in [3.63, 3.8) is 0 Å². The molecule has 2 heteroatoms. The average molecular weight is 167 g/mol. The minimum absolute atomic E-state index is 0.677. The summed E-state index contributed by atoms with van der Waals surface area (Å²) in [7, 11) is 0. The van der Waals surface area contributed by atoms with E-state index < -0.39 is 0 Å². The Kier molecular flexibility index (Phi) is 6.07. The van der Waals surface area contributed by atoms with Crippen molar-refractivity contribution in [1.82, 2.24) is 4.98 Å². The lowest BCUT2D eigenvalue weighted by atomic mass is 10.3. The van der Waals surface area contributed by atoms with Gasteiger partial charge in [0.15, 0.2) is 0 Å². The lowest BCUT2D eigenvalue weighted by Gasteiger charge is -1.99. The SMILES string of the molecule is CC.CCOc1ccc(C)cn1. The molecule has 2 nitrogen and oxygen atoms in total. The van der Waals surface area contributed by atoms with Crippen LogP contribution in [0, 0.1) is 6.92 Å². The lowest BCUT2D eigenvalue weighted by molar-refractivity contribution is 0.327. The lowest BCUT2D eigenvalue weighted by Crippen LogP contribution is -1.93. The van der Waals surface area contributed by atoms with E-state index in [2.05, 4.69) is 4.98 Å². The first-order valence-electron chi connectivity index (χ1n) is 4.38. The molecule has 0 fully saturated rings. The third kappa shape index (κ3) is 3.96. The summed E-state index contributed by atoms with van der Waals surface area (Å²) < 4.78 is 5.15. The number of hydrogen-bond donors (Lipinski definition) is 0. The zero-order chi connectivity index (χ0) is 9.40. The van der Waals surface area contributed by atoms with E-state index in [0.717, 1.165) is 5.56 Å². The molecule has 0 aliphatic heterocycles. The van der Waals surface area contributed by atoms with Crippen LogP contribution in [-0.2, 0) is 0 Å². The molecule has 0 saturated heterocycles. The van der Waals surface area contributed by atoms with Crippen LogP contribution in [-0.4, -0.2) is 11.6 Å². The summed E-state index contributed by atoms with van der Waals surface area (Å²) in [5, 5.41) is 0. The highest BCUT2D eigenvalue weighted by Crippen LogP contribution is 2.05. The molecule has 0 aromatic carbocycles. The first-order valence-corrected chi connectivity index (χ1v) is 4.38. The smallest absolute Gasteiger partial charge is 0.213 e. The zero-order valence-corrected chi connectivity index (χ0v) is 8.29. The van der Waals surface area contributed by atoms with Crippen LogP contribution in [0.3, 0.4) is 0 Å². The van der Waals surface area contributed by atoms with Crippen molar-refractivity contribution in [2.75, 3.05) is 6.61 Å². The number of nitrogens with zero attached hydrogens (tertiary/aromatic N) is 1. The van der Waals surface area contributed by atoms with Gasteiger partial charge in [0.1, 0.15) is 0 Å². The van der Waals surface area contributed by atoms with Crippen molar-refractivity contribution in [3.05, 3.63) is 23.9 Å². The van der Waals surface area contributed by atoms with Crippen LogP contribution < -0.4 is 4.74 Å². The summed E-state index contributed by atoms with van der Waals surface area (Å²) in [4.78, 5) is 4.05. The van der Waals surface area contributed by atoms with Crippen molar-refractivity contribution in [1.29, 1.82) is 0 Å². The van der Waals surface area contributed by atoms with E-state index in [0.29, 0.717) is 12.5 Å². The average Bonchev–Trinajstić information content (AvgIpc) is 2.13. The van der Waals surface area contributed by atoms with E-state index in [1.54, 1.807) is 6.20 Å².